The molecule has 21 heavy (non-hydrogen) atoms. The van der Waals surface area contributed by atoms with Crippen LogP contribution in [0, 0.1) is 0 Å². The molecule has 0 saturated carbocycles. The molecular formula is C15H16N2O4. The number of rotatable bonds is 6. The molecule has 1 aromatic heterocycles. The first-order valence-electron chi connectivity index (χ1n) is 6.28. The lowest BCUT2D eigenvalue weighted by molar-refractivity contribution is 0.0690. The van der Waals surface area contributed by atoms with Crippen LogP contribution in [0.3, 0.4) is 0 Å². The molecule has 0 radical (unpaired) electrons. The minimum atomic E-state index is -1.04. The van der Waals surface area contributed by atoms with Gasteiger partial charge in [0.1, 0.15) is 17.2 Å². The molecule has 6 nitrogen and oxygen atoms in total. The van der Waals surface area contributed by atoms with Crippen molar-refractivity contribution in [3.63, 3.8) is 0 Å². The van der Waals surface area contributed by atoms with Gasteiger partial charge in [-0.25, -0.2) is 9.78 Å². The number of nitrogens with one attached hydrogen (secondary N) is 1. The van der Waals surface area contributed by atoms with E-state index in [1.807, 2.05) is 12.1 Å². The summed E-state index contributed by atoms with van der Waals surface area (Å²) in [6.45, 7) is 0.400. The van der Waals surface area contributed by atoms with E-state index in [4.69, 9.17) is 14.6 Å². The maximum atomic E-state index is 10.9. The number of aromatic carboxylic acids is 1. The Balaban J connectivity index is 2.12. The lowest BCUT2D eigenvalue weighted by atomic mass is 10.2. The number of hydrogen-bond acceptors (Lipinski definition) is 5. The van der Waals surface area contributed by atoms with E-state index in [0.29, 0.717) is 23.7 Å². The molecule has 2 aromatic rings. The summed E-state index contributed by atoms with van der Waals surface area (Å²) in [5.74, 6) is 0.299. The lowest BCUT2D eigenvalue weighted by Gasteiger charge is -2.10. The normalized spacial score (nSPS) is 10.0. The largest absolute Gasteiger partial charge is 0.497 e. The highest BCUT2D eigenvalue weighted by Gasteiger charge is 2.06. The monoisotopic (exact) mass is 288 g/mol. The number of nitrogens with zero attached hydrogens (tertiary/aromatic N) is 1. The van der Waals surface area contributed by atoms with Gasteiger partial charge in [0.05, 0.1) is 26.5 Å². The van der Waals surface area contributed by atoms with Gasteiger partial charge < -0.3 is 19.9 Å². The van der Waals surface area contributed by atoms with Gasteiger partial charge in [0, 0.05) is 23.9 Å². The van der Waals surface area contributed by atoms with Gasteiger partial charge in [-0.15, -0.1) is 0 Å². The molecule has 2 rings (SSSR count). The molecule has 1 heterocycles. The van der Waals surface area contributed by atoms with Crippen LogP contribution in [0.2, 0.25) is 0 Å². The highest BCUT2D eigenvalue weighted by Crippen LogP contribution is 2.25. The summed E-state index contributed by atoms with van der Waals surface area (Å²) in [6.07, 6.45) is 0. The first-order valence-corrected chi connectivity index (χ1v) is 6.28. The van der Waals surface area contributed by atoms with E-state index in [1.54, 1.807) is 32.4 Å². The summed E-state index contributed by atoms with van der Waals surface area (Å²) in [6, 6.07) is 10.3. The summed E-state index contributed by atoms with van der Waals surface area (Å²) >= 11 is 0. The number of anilines is 1. The van der Waals surface area contributed by atoms with Crippen molar-refractivity contribution in [2.75, 3.05) is 19.5 Å². The van der Waals surface area contributed by atoms with Crippen molar-refractivity contribution in [3.05, 3.63) is 47.8 Å². The van der Waals surface area contributed by atoms with Crippen LogP contribution < -0.4 is 14.8 Å². The van der Waals surface area contributed by atoms with Crippen molar-refractivity contribution in [3.8, 4) is 11.5 Å². The number of hydrogen-bond donors (Lipinski definition) is 2. The molecule has 0 spiro atoms. The zero-order chi connectivity index (χ0) is 15.2. The lowest BCUT2D eigenvalue weighted by Crippen LogP contribution is -2.06. The summed E-state index contributed by atoms with van der Waals surface area (Å²) in [5.41, 5.74) is 1.46. The molecular weight excluding hydrogens is 272 g/mol. The molecule has 0 bridgehead atoms. The van der Waals surface area contributed by atoms with Crippen molar-refractivity contribution in [2.24, 2.45) is 0 Å². The Morgan fingerprint density at radius 3 is 2.43 bits per heavy atom. The first-order chi connectivity index (χ1) is 10.1. The summed E-state index contributed by atoms with van der Waals surface area (Å²) in [5, 5.41) is 12.1. The van der Waals surface area contributed by atoms with Gasteiger partial charge in [0.2, 0.25) is 0 Å². The molecule has 0 aliphatic rings. The second-order valence-electron chi connectivity index (χ2n) is 4.27. The van der Waals surface area contributed by atoms with Crippen LogP contribution in [-0.4, -0.2) is 30.3 Å². The van der Waals surface area contributed by atoms with E-state index in [1.165, 1.54) is 6.07 Å². The predicted octanol–water partition coefficient (Wildman–Crippen LogP) is 2.41. The Labute approximate surface area is 122 Å². The molecule has 0 aliphatic carbocycles. The first kappa shape index (κ1) is 14.6. The number of aromatic nitrogens is 1. The Morgan fingerprint density at radius 1 is 1.19 bits per heavy atom. The highest BCUT2D eigenvalue weighted by atomic mass is 16.5. The van der Waals surface area contributed by atoms with Gasteiger partial charge in [-0.2, -0.15) is 0 Å². The fourth-order valence-electron chi connectivity index (χ4n) is 1.80. The van der Waals surface area contributed by atoms with Gasteiger partial charge in [-0.3, -0.25) is 0 Å². The molecule has 2 N–H and O–H groups in total. The van der Waals surface area contributed by atoms with E-state index in [9.17, 15) is 4.79 Å². The fourth-order valence-corrected chi connectivity index (χ4v) is 1.80. The Hall–Kier alpha value is -2.76. The van der Waals surface area contributed by atoms with Crippen molar-refractivity contribution in [2.45, 2.75) is 6.54 Å². The average molecular weight is 288 g/mol. The minimum Gasteiger partial charge on any atom is -0.497 e. The van der Waals surface area contributed by atoms with E-state index < -0.39 is 5.97 Å². The molecule has 0 unspecified atom stereocenters. The topological polar surface area (TPSA) is 80.7 Å². The molecule has 0 fully saturated rings. The summed E-state index contributed by atoms with van der Waals surface area (Å²) in [4.78, 5) is 14.9. The number of carboxylic acid groups (broad SMARTS) is 1. The third-order valence-electron chi connectivity index (χ3n) is 2.85. The minimum absolute atomic E-state index is 0.0255. The van der Waals surface area contributed by atoms with Gasteiger partial charge >= 0.3 is 5.97 Å². The molecule has 0 aliphatic heterocycles. The van der Waals surface area contributed by atoms with Gasteiger partial charge in [-0.05, 0) is 12.1 Å². The standard InChI is InChI=1S/C15H16N2O4/c1-20-12-6-11(7-13(8-12)21-2)16-9-10-4-3-5-14(17-10)15(18)19/h3-8,16H,9H2,1-2H3,(H,18,19). The maximum absolute atomic E-state index is 10.9. The Morgan fingerprint density at radius 2 is 1.86 bits per heavy atom. The predicted molar refractivity (Wildman–Crippen MR) is 78.1 cm³/mol. The molecule has 1 aromatic carbocycles. The summed E-state index contributed by atoms with van der Waals surface area (Å²) in [7, 11) is 3.16. The number of pyridine rings is 1. The van der Waals surface area contributed by atoms with Crippen molar-refractivity contribution < 1.29 is 19.4 Å². The van der Waals surface area contributed by atoms with Crippen LogP contribution in [0.15, 0.2) is 36.4 Å². The third kappa shape index (κ3) is 3.85. The molecule has 0 atom stereocenters. The van der Waals surface area contributed by atoms with Crippen LogP contribution in [0.5, 0.6) is 11.5 Å². The number of benzene rings is 1. The van der Waals surface area contributed by atoms with Crippen LogP contribution in [0.1, 0.15) is 16.2 Å². The van der Waals surface area contributed by atoms with E-state index >= 15 is 0 Å². The molecule has 0 amide bonds. The zero-order valence-corrected chi connectivity index (χ0v) is 11.8. The summed E-state index contributed by atoms with van der Waals surface area (Å²) < 4.78 is 10.4. The highest BCUT2D eigenvalue weighted by molar-refractivity contribution is 5.85. The Bertz CT molecular complexity index is 621. The Kier molecular flexibility index (Phi) is 4.61. The SMILES string of the molecule is COc1cc(NCc2cccc(C(=O)O)n2)cc(OC)c1. The number of carboxylic acids is 1. The van der Waals surface area contributed by atoms with E-state index in [2.05, 4.69) is 10.3 Å². The van der Waals surface area contributed by atoms with Gasteiger partial charge in [0.15, 0.2) is 0 Å². The number of carbonyl (C=O) groups is 1. The van der Waals surface area contributed by atoms with Crippen molar-refractivity contribution in [1.29, 1.82) is 0 Å². The van der Waals surface area contributed by atoms with E-state index in [0.717, 1.165) is 5.69 Å². The van der Waals surface area contributed by atoms with Crippen LogP contribution in [0.4, 0.5) is 5.69 Å². The second-order valence-corrected chi connectivity index (χ2v) is 4.27. The molecule has 110 valence electrons. The molecule has 6 heteroatoms. The number of methoxy groups -OCH3 is 2. The average Bonchev–Trinajstić information content (AvgIpc) is 2.52. The number of ether oxygens (including phenoxy) is 2. The maximum Gasteiger partial charge on any atom is 0.354 e. The quantitative estimate of drug-likeness (QED) is 0.849. The molecule has 0 saturated heterocycles. The van der Waals surface area contributed by atoms with E-state index in [-0.39, 0.29) is 5.69 Å². The van der Waals surface area contributed by atoms with Crippen LogP contribution in [0.25, 0.3) is 0 Å². The van der Waals surface area contributed by atoms with Crippen molar-refractivity contribution in [1.82, 2.24) is 4.98 Å². The van der Waals surface area contributed by atoms with Crippen LogP contribution >= 0.6 is 0 Å². The second kappa shape index (κ2) is 6.60. The smallest absolute Gasteiger partial charge is 0.354 e. The van der Waals surface area contributed by atoms with Crippen molar-refractivity contribution >= 4 is 11.7 Å². The van der Waals surface area contributed by atoms with Gasteiger partial charge in [0.25, 0.3) is 0 Å². The zero-order valence-electron chi connectivity index (χ0n) is 11.8. The van der Waals surface area contributed by atoms with Gasteiger partial charge in [-0.1, -0.05) is 6.07 Å². The van der Waals surface area contributed by atoms with Crippen LogP contribution in [-0.2, 0) is 6.54 Å². The third-order valence-corrected chi connectivity index (χ3v) is 2.85. The fraction of sp³-hybridized carbons (Fsp3) is 0.200.